The first-order chi connectivity index (χ1) is 38.0. The summed E-state index contributed by atoms with van der Waals surface area (Å²) in [6, 6.07) is 6.29. The number of phenols is 1. The lowest BCUT2D eigenvalue weighted by Gasteiger charge is -2.28. The summed E-state index contributed by atoms with van der Waals surface area (Å²) in [6.07, 6.45) is 0.0768. The van der Waals surface area contributed by atoms with Gasteiger partial charge >= 0.3 is 0 Å². The molecule has 9 atom stereocenters. The number of nitrogens with zero attached hydrogens (tertiary/aromatic N) is 3. The maximum Gasteiger partial charge on any atom is 0.246 e. The third-order valence-electron chi connectivity index (χ3n) is 13.0. The predicted octanol–water partition coefficient (Wildman–Crippen LogP) is -0.776. The van der Waals surface area contributed by atoms with Crippen molar-refractivity contribution in [3.05, 3.63) is 65.7 Å². The van der Waals surface area contributed by atoms with E-state index in [0.717, 1.165) is 17.3 Å². The fourth-order valence-corrected chi connectivity index (χ4v) is 12.2. The van der Waals surface area contributed by atoms with Gasteiger partial charge in [-0.3, -0.25) is 62.9 Å². The Bertz CT molecular complexity index is 2730. The highest BCUT2D eigenvalue weighted by Gasteiger charge is 2.39. The number of phenolic OH excluding ortho intramolecular Hbond substituents is 1. The first-order valence-electron chi connectivity index (χ1n) is 26.4. The van der Waals surface area contributed by atoms with Crippen LogP contribution in [0.3, 0.4) is 0 Å². The van der Waals surface area contributed by atoms with E-state index in [1.165, 1.54) is 35.7 Å². The maximum atomic E-state index is 14.4. The highest BCUT2D eigenvalue weighted by molar-refractivity contribution is 8.15. The zero-order chi connectivity index (χ0) is 58.2. The Labute approximate surface area is 476 Å². The minimum absolute atomic E-state index is 0.0211. The molecular weight excluding hydrogens is 1090 g/mol. The van der Waals surface area contributed by atoms with Crippen LogP contribution in [0.5, 0.6) is 5.75 Å². The van der Waals surface area contributed by atoms with E-state index in [2.05, 4.69) is 52.8 Å². The summed E-state index contributed by atoms with van der Waals surface area (Å²) >= 11 is 3.70. The van der Waals surface area contributed by atoms with E-state index in [0.29, 0.717) is 22.1 Å². The number of hydrogen-bond donors (Lipinski definition) is 11. The summed E-state index contributed by atoms with van der Waals surface area (Å²) < 4.78 is 0. The summed E-state index contributed by atoms with van der Waals surface area (Å²) in [5.41, 5.74) is 6.93. The fraction of sp³-hybridized carbons (Fsp3) is 0.528. The van der Waals surface area contributed by atoms with Crippen molar-refractivity contribution in [2.75, 3.05) is 36.9 Å². The highest BCUT2D eigenvalue weighted by atomic mass is 32.2. The van der Waals surface area contributed by atoms with Gasteiger partial charge in [0.25, 0.3) is 0 Å². The Kier molecular flexibility index (Phi) is 22.9. The van der Waals surface area contributed by atoms with Gasteiger partial charge in [0, 0.05) is 30.1 Å². The molecule has 12 N–H and O–H groups in total. The van der Waals surface area contributed by atoms with Gasteiger partial charge in [0.15, 0.2) is 0 Å². The van der Waals surface area contributed by atoms with Gasteiger partial charge in [0.1, 0.15) is 42.0 Å². The third kappa shape index (κ3) is 18.5. The van der Waals surface area contributed by atoms with E-state index >= 15 is 0 Å². The Morgan fingerprint density at radius 2 is 0.963 bits per heavy atom. The normalized spacial score (nSPS) is 26.6. The fourth-order valence-electron chi connectivity index (χ4n) is 8.73. The molecule has 4 aliphatic heterocycles. The van der Waals surface area contributed by atoms with Crippen LogP contribution in [0.4, 0.5) is 0 Å². The van der Waals surface area contributed by atoms with Crippen molar-refractivity contribution in [1.82, 2.24) is 47.9 Å². The number of carbonyl (C=O) groups excluding carboxylic acids is 10. The van der Waals surface area contributed by atoms with Gasteiger partial charge in [-0.2, -0.15) is 0 Å². The van der Waals surface area contributed by atoms with Crippen molar-refractivity contribution >= 4 is 109 Å². The zero-order valence-electron chi connectivity index (χ0n) is 45.4. The van der Waals surface area contributed by atoms with Crippen LogP contribution in [0.25, 0.3) is 0 Å². The number of hydrogen-bond acceptors (Lipinski definition) is 17. The predicted molar refractivity (Wildman–Crippen MR) is 307 cm³/mol. The number of nitrogens with two attached hydrogens (primary N) is 1. The highest BCUT2D eigenvalue weighted by Crippen LogP contribution is 2.28. The number of aromatic hydroxyl groups is 1. The number of fused-ring (bicyclic) bond motifs is 3. The molecule has 432 valence electrons. The number of amides is 10. The van der Waals surface area contributed by atoms with Crippen LogP contribution in [-0.2, 0) is 60.8 Å². The van der Waals surface area contributed by atoms with E-state index in [4.69, 9.17) is 15.7 Å². The number of aliphatic imine (C=N–C) groups is 3. The van der Waals surface area contributed by atoms with Crippen LogP contribution >= 0.6 is 35.3 Å². The van der Waals surface area contributed by atoms with Crippen molar-refractivity contribution in [1.29, 1.82) is 0 Å². The topological polar surface area (TPSA) is 362 Å². The Morgan fingerprint density at radius 3 is 1.51 bits per heavy atom. The lowest BCUT2D eigenvalue weighted by molar-refractivity contribution is -0.133. The molecule has 10 amide bonds. The Hall–Kier alpha value is -7.00. The molecule has 0 spiro atoms. The molecule has 24 nitrogen and oxygen atoms in total. The number of carbonyl (C=O) groups is 10. The zero-order valence-corrected chi connectivity index (χ0v) is 47.8. The van der Waals surface area contributed by atoms with Crippen LogP contribution in [0.2, 0.25) is 0 Å². The van der Waals surface area contributed by atoms with E-state index in [-0.39, 0.29) is 58.6 Å². The number of rotatable bonds is 10. The van der Waals surface area contributed by atoms with E-state index in [9.17, 15) is 53.1 Å². The van der Waals surface area contributed by atoms with Crippen molar-refractivity contribution in [2.24, 2.45) is 38.5 Å². The molecule has 6 bridgehead atoms. The molecular formula is C53H71N13O11S3. The number of benzene rings is 2. The van der Waals surface area contributed by atoms with Gasteiger partial charge < -0.3 is 58.7 Å². The monoisotopic (exact) mass is 1160 g/mol. The molecule has 3 unspecified atom stereocenters. The minimum Gasteiger partial charge on any atom is -0.508 e. The molecule has 6 rings (SSSR count). The average Bonchev–Trinajstić information content (AvgIpc) is 4.22. The van der Waals surface area contributed by atoms with Crippen LogP contribution in [-0.4, -0.2) is 171 Å². The van der Waals surface area contributed by atoms with Crippen LogP contribution in [0.15, 0.2) is 69.6 Å². The summed E-state index contributed by atoms with van der Waals surface area (Å²) in [6.45, 7) is 9.47. The van der Waals surface area contributed by atoms with Crippen molar-refractivity contribution < 1.29 is 53.1 Å². The summed E-state index contributed by atoms with van der Waals surface area (Å²) in [5, 5.41) is 35.6. The second kappa shape index (κ2) is 29.5. The summed E-state index contributed by atoms with van der Waals surface area (Å²) in [5.74, 6) is -6.70. The SMILES string of the molecule is CC(C)C[C@H]1NC(=O)C2CSC(=N2)[C@H](C(C)C)NC(=O)[C@H](Cc2ccccc2)NC(=O)[C@H](C(C)C)NC(=O)CNC(=O)CNC(=O)CNC(=O)C2CSC(=N2)[C@H](CC(N)=O)NC(=O)[C@@H](Cc2ccc(O)cc2)NC(=O)C2CSC1=N2. The van der Waals surface area contributed by atoms with Gasteiger partial charge in [0.05, 0.1) is 59.3 Å². The number of nitrogens with one attached hydrogen (secondary N) is 9. The van der Waals surface area contributed by atoms with Crippen molar-refractivity contribution in [3.63, 3.8) is 0 Å². The van der Waals surface area contributed by atoms with Gasteiger partial charge in [-0.05, 0) is 47.4 Å². The smallest absolute Gasteiger partial charge is 0.246 e. The molecule has 80 heavy (non-hydrogen) atoms. The first-order valence-corrected chi connectivity index (χ1v) is 29.3. The second-order valence-corrected chi connectivity index (χ2v) is 23.9. The molecule has 0 aliphatic carbocycles. The average molecular weight is 1160 g/mol. The summed E-state index contributed by atoms with van der Waals surface area (Å²) in [7, 11) is 0. The quantitative estimate of drug-likeness (QED) is 0.139. The largest absolute Gasteiger partial charge is 0.508 e. The van der Waals surface area contributed by atoms with E-state index < -0.39 is 140 Å². The first kappa shape index (κ1) is 62.2. The molecule has 2 aromatic rings. The van der Waals surface area contributed by atoms with Crippen molar-refractivity contribution in [2.45, 2.75) is 122 Å². The number of thioether (sulfide) groups is 3. The Morgan fingerprint density at radius 1 is 0.512 bits per heavy atom. The van der Waals surface area contributed by atoms with Gasteiger partial charge in [-0.1, -0.05) is 84.0 Å². The molecule has 4 heterocycles. The van der Waals surface area contributed by atoms with Crippen LogP contribution in [0.1, 0.15) is 65.5 Å². The maximum absolute atomic E-state index is 14.4. The lowest BCUT2D eigenvalue weighted by Crippen LogP contribution is -2.58. The van der Waals surface area contributed by atoms with E-state index in [1.807, 2.05) is 45.9 Å². The lowest BCUT2D eigenvalue weighted by atomic mass is 10.00. The van der Waals surface area contributed by atoms with Crippen LogP contribution < -0.4 is 53.6 Å². The van der Waals surface area contributed by atoms with Gasteiger partial charge in [-0.15, -0.1) is 35.3 Å². The molecule has 0 saturated carbocycles. The molecule has 0 saturated heterocycles. The third-order valence-corrected chi connectivity index (χ3v) is 16.5. The molecule has 4 aliphatic rings. The second-order valence-electron chi connectivity index (χ2n) is 20.8. The van der Waals surface area contributed by atoms with Crippen LogP contribution in [0, 0.1) is 17.8 Å². The standard InChI is InChI=1S/C53H71N13O11S3/c1-26(2)16-34-51-63-37(24-79-51)48(75)58-32(18-30-12-14-31(67)15-13-30)46(73)61-35(19-39(54)68)52-62-36(23-78-52)45(72)57-21-41(70)55-20-40(69)56-22-42(71)65-43(27(3)4)50(77)59-33(17-29-10-8-7-9-11-29)47(74)66-44(28(5)6)53-64-38(25-80-53)49(76)60-34/h7-15,26-28,32-38,43-44,67H,16-25H2,1-6H3,(H2,54,68)(H,55,70)(H,56,69)(H,57,72)(H,58,75)(H,59,77)(H,60,76)(H,61,73)(H,65,71)(H,66,74)/t32-,33+,34-,35+,36?,37?,38?,43+,44+/m1/s1. The van der Waals surface area contributed by atoms with Crippen molar-refractivity contribution in [3.8, 4) is 5.75 Å². The summed E-state index contributed by atoms with van der Waals surface area (Å²) in [4.78, 5) is 149. The minimum atomic E-state index is -1.25. The molecule has 2 aromatic carbocycles. The van der Waals surface area contributed by atoms with Gasteiger partial charge in [0.2, 0.25) is 59.1 Å². The van der Waals surface area contributed by atoms with E-state index in [1.54, 1.807) is 38.1 Å². The number of primary amides is 1. The molecule has 0 aromatic heterocycles. The Balaban J connectivity index is 1.28. The molecule has 27 heteroatoms. The van der Waals surface area contributed by atoms with Gasteiger partial charge in [-0.25, -0.2) is 0 Å². The molecule has 0 radical (unpaired) electrons. The molecule has 0 fully saturated rings.